The SMILES string of the molecule is COC(=O)N(C)c1cnc(-c2cc(-c3ccon3)n(Cc3ccccc3F)n2)nc1N. The summed E-state index contributed by atoms with van der Waals surface area (Å²) in [5.41, 5.74) is 8.27. The Labute approximate surface area is 176 Å². The van der Waals surface area contributed by atoms with Crippen molar-refractivity contribution in [3.8, 4) is 22.9 Å². The number of hydrogen-bond donors (Lipinski definition) is 1. The Bertz CT molecular complexity index is 1220. The maximum Gasteiger partial charge on any atom is 0.413 e. The van der Waals surface area contributed by atoms with E-state index >= 15 is 0 Å². The number of aromatic nitrogens is 5. The molecule has 10 nitrogen and oxygen atoms in total. The van der Waals surface area contributed by atoms with Crippen LogP contribution in [0.4, 0.5) is 20.7 Å². The van der Waals surface area contributed by atoms with Crippen LogP contribution in [0.5, 0.6) is 0 Å². The molecule has 0 aliphatic rings. The van der Waals surface area contributed by atoms with E-state index in [4.69, 9.17) is 10.3 Å². The number of benzene rings is 1. The van der Waals surface area contributed by atoms with Gasteiger partial charge in [-0.2, -0.15) is 5.10 Å². The normalized spacial score (nSPS) is 10.8. The number of amides is 1. The summed E-state index contributed by atoms with van der Waals surface area (Å²) in [6.07, 6.45) is 2.23. The molecule has 31 heavy (non-hydrogen) atoms. The maximum absolute atomic E-state index is 14.2. The van der Waals surface area contributed by atoms with E-state index in [-0.39, 0.29) is 29.7 Å². The van der Waals surface area contributed by atoms with Crippen LogP contribution in [0.3, 0.4) is 0 Å². The molecule has 3 heterocycles. The van der Waals surface area contributed by atoms with Crippen LogP contribution in [0.2, 0.25) is 0 Å². The van der Waals surface area contributed by atoms with E-state index < -0.39 is 6.09 Å². The molecule has 0 fully saturated rings. The molecule has 0 aliphatic carbocycles. The molecule has 0 saturated heterocycles. The molecule has 0 radical (unpaired) electrons. The summed E-state index contributed by atoms with van der Waals surface area (Å²) in [4.78, 5) is 21.5. The highest BCUT2D eigenvalue weighted by atomic mass is 19.1. The summed E-state index contributed by atoms with van der Waals surface area (Å²) in [6.45, 7) is 0.160. The summed E-state index contributed by atoms with van der Waals surface area (Å²) in [5.74, 6) is -0.0394. The topological polar surface area (TPSA) is 125 Å². The molecule has 0 bridgehead atoms. The molecule has 1 amide bonds. The quantitative estimate of drug-likeness (QED) is 0.519. The highest BCUT2D eigenvalue weighted by molar-refractivity contribution is 5.90. The first-order chi connectivity index (χ1) is 15.0. The van der Waals surface area contributed by atoms with Crippen molar-refractivity contribution in [1.82, 2.24) is 24.9 Å². The van der Waals surface area contributed by atoms with Crippen molar-refractivity contribution < 1.29 is 18.4 Å². The highest BCUT2D eigenvalue weighted by Gasteiger charge is 2.20. The average molecular weight is 423 g/mol. The molecule has 0 spiro atoms. The van der Waals surface area contributed by atoms with E-state index in [0.717, 1.165) is 0 Å². The Morgan fingerprint density at radius 1 is 1.29 bits per heavy atom. The zero-order valence-electron chi connectivity index (χ0n) is 16.7. The Morgan fingerprint density at radius 3 is 2.77 bits per heavy atom. The van der Waals surface area contributed by atoms with E-state index in [1.807, 2.05) is 0 Å². The number of hydrogen-bond acceptors (Lipinski definition) is 8. The minimum absolute atomic E-state index is 0.0736. The number of nitrogens with zero attached hydrogens (tertiary/aromatic N) is 6. The number of carbonyl (C=O) groups is 1. The van der Waals surface area contributed by atoms with Crippen molar-refractivity contribution in [3.63, 3.8) is 0 Å². The number of carbonyl (C=O) groups excluding carboxylic acids is 1. The van der Waals surface area contributed by atoms with Gasteiger partial charge in [-0.3, -0.25) is 9.58 Å². The van der Waals surface area contributed by atoms with Gasteiger partial charge in [-0.1, -0.05) is 23.4 Å². The van der Waals surface area contributed by atoms with E-state index in [1.54, 1.807) is 35.0 Å². The molecule has 0 saturated carbocycles. The third-order valence-electron chi connectivity index (χ3n) is 4.60. The second-order valence-electron chi connectivity index (χ2n) is 6.54. The summed E-state index contributed by atoms with van der Waals surface area (Å²) in [6, 6.07) is 9.80. The fourth-order valence-electron chi connectivity index (χ4n) is 2.99. The van der Waals surface area contributed by atoms with Crippen molar-refractivity contribution >= 4 is 17.6 Å². The van der Waals surface area contributed by atoms with Crippen molar-refractivity contribution in [2.24, 2.45) is 0 Å². The molecule has 11 heteroatoms. The second kappa shape index (κ2) is 8.22. The third-order valence-corrected chi connectivity index (χ3v) is 4.60. The first-order valence-electron chi connectivity index (χ1n) is 9.14. The molecule has 0 unspecified atom stereocenters. The Morgan fingerprint density at radius 2 is 2.10 bits per heavy atom. The van der Waals surface area contributed by atoms with Crippen molar-refractivity contribution in [2.45, 2.75) is 6.54 Å². The van der Waals surface area contributed by atoms with Gasteiger partial charge in [0.15, 0.2) is 11.6 Å². The molecular formula is C20H18FN7O3. The number of anilines is 2. The number of rotatable bonds is 5. The molecule has 2 N–H and O–H groups in total. The van der Waals surface area contributed by atoms with Gasteiger partial charge in [0.25, 0.3) is 0 Å². The first kappa shape index (κ1) is 20.0. The minimum atomic E-state index is -0.606. The molecular weight excluding hydrogens is 405 g/mol. The van der Waals surface area contributed by atoms with E-state index in [0.29, 0.717) is 22.6 Å². The lowest BCUT2D eigenvalue weighted by molar-refractivity contribution is 0.180. The number of methoxy groups -OCH3 is 1. The van der Waals surface area contributed by atoms with E-state index in [9.17, 15) is 9.18 Å². The fraction of sp³-hybridized carbons (Fsp3) is 0.150. The number of nitrogen functional groups attached to an aromatic ring is 1. The van der Waals surface area contributed by atoms with Crippen molar-refractivity contribution in [2.75, 3.05) is 24.8 Å². The minimum Gasteiger partial charge on any atom is -0.452 e. The number of halogens is 1. The largest absolute Gasteiger partial charge is 0.452 e. The van der Waals surface area contributed by atoms with Crippen LogP contribution in [0.25, 0.3) is 22.9 Å². The van der Waals surface area contributed by atoms with Crippen LogP contribution < -0.4 is 10.6 Å². The number of nitrogens with two attached hydrogens (primary N) is 1. The molecule has 3 aromatic heterocycles. The van der Waals surface area contributed by atoms with Crippen LogP contribution in [0.1, 0.15) is 5.56 Å². The second-order valence-corrected chi connectivity index (χ2v) is 6.54. The van der Waals surface area contributed by atoms with Crippen LogP contribution >= 0.6 is 0 Å². The molecule has 158 valence electrons. The van der Waals surface area contributed by atoms with Gasteiger partial charge in [0.2, 0.25) is 0 Å². The summed E-state index contributed by atoms with van der Waals surface area (Å²) >= 11 is 0. The van der Waals surface area contributed by atoms with Gasteiger partial charge in [0.1, 0.15) is 29.2 Å². The first-order valence-corrected chi connectivity index (χ1v) is 9.14. The smallest absolute Gasteiger partial charge is 0.413 e. The van der Waals surface area contributed by atoms with Crippen LogP contribution in [-0.4, -0.2) is 45.2 Å². The van der Waals surface area contributed by atoms with Gasteiger partial charge in [0, 0.05) is 18.7 Å². The number of ether oxygens (including phenoxy) is 1. The zero-order valence-corrected chi connectivity index (χ0v) is 16.7. The zero-order chi connectivity index (χ0) is 22.0. The Balaban J connectivity index is 1.73. The van der Waals surface area contributed by atoms with Gasteiger partial charge >= 0.3 is 6.09 Å². The van der Waals surface area contributed by atoms with Crippen LogP contribution in [0.15, 0.2) is 53.4 Å². The van der Waals surface area contributed by atoms with Crippen LogP contribution in [-0.2, 0) is 11.3 Å². The molecule has 4 aromatic rings. The monoisotopic (exact) mass is 423 g/mol. The predicted octanol–water partition coefficient (Wildman–Crippen LogP) is 2.97. The summed E-state index contributed by atoms with van der Waals surface area (Å²) in [7, 11) is 2.75. The molecule has 0 atom stereocenters. The lowest BCUT2D eigenvalue weighted by atomic mass is 10.2. The predicted molar refractivity (Wildman–Crippen MR) is 109 cm³/mol. The van der Waals surface area contributed by atoms with Gasteiger partial charge in [-0.05, 0) is 12.1 Å². The fourth-order valence-corrected chi connectivity index (χ4v) is 2.99. The lowest BCUT2D eigenvalue weighted by Crippen LogP contribution is -2.27. The third kappa shape index (κ3) is 3.92. The van der Waals surface area contributed by atoms with E-state index in [2.05, 4.69) is 25.0 Å². The van der Waals surface area contributed by atoms with Gasteiger partial charge < -0.3 is 15.0 Å². The maximum atomic E-state index is 14.2. The van der Waals surface area contributed by atoms with Crippen LogP contribution in [0, 0.1) is 5.82 Å². The van der Waals surface area contributed by atoms with Gasteiger partial charge in [-0.15, -0.1) is 0 Å². The molecule has 1 aromatic carbocycles. The standard InChI is InChI=1S/C20H18FN7O3/c1-27(20(29)30-2)17-10-23-19(24-18(17)22)15-9-16(14-7-8-31-26-14)28(25-15)11-12-5-3-4-6-13(12)21/h3-10H,11H2,1-2H3,(H2,22,23,24). The van der Waals surface area contributed by atoms with Crippen molar-refractivity contribution in [1.29, 1.82) is 0 Å². The highest BCUT2D eigenvalue weighted by Crippen LogP contribution is 2.27. The van der Waals surface area contributed by atoms with Gasteiger partial charge in [0.05, 0.1) is 25.5 Å². The van der Waals surface area contributed by atoms with Crippen molar-refractivity contribution in [3.05, 3.63) is 60.2 Å². The summed E-state index contributed by atoms with van der Waals surface area (Å²) in [5, 5.41) is 8.47. The molecule has 0 aliphatic heterocycles. The Kier molecular flexibility index (Phi) is 5.31. The van der Waals surface area contributed by atoms with Gasteiger partial charge in [-0.25, -0.2) is 19.2 Å². The summed E-state index contributed by atoms with van der Waals surface area (Å²) < 4.78 is 25.4. The Hall–Kier alpha value is -4.28. The molecule has 4 rings (SSSR count). The average Bonchev–Trinajstić information content (AvgIpc) is 3.44. The van der Waals surface area contributed by atoms with E-state index in [1.165, 1.54) is 37.6 Å². The lowest BCUT2D eigenvalue weighted by Gasteiger charge is -2.16.